The number of nitrogens with one attached hydrogen (secondary N) is 1. The molecule has 3 aromatic heterocycles. The largest absolute Gasteiger partial charge is 0.358 e. The Morgan fingerprint density at radius 1 is 1.33 bits per heavy atom. The predicted octanol–water partition coefficient (Wildman–Crippen LogP) is 4.41. The second-order valence-corrected chi connectivity index (χ2v) is 7.96. The average Bonchev–Trinajstić information content (AvgIpc) is 3.25. The van der Waals surface area contributed by atoms with Gasteiger partial charge >= 0.3 is 0 Å². The van der Waals surface area contributed by atoms with Crippen molar-refractivity contribution in [1.29, 1.82) is 0 Å². The van der Waals surface area contributed by atoms with Crippen molar-refractivity contribution in [1.82, 2.24) is 14.5 Å². The number of aromatic nitrogens is 3. The second-order valence-electron chi connectivity index (χ2n) is 6.12. The second kappa shape index (κ2) is 7.17. The van der Waals surface area contributed by atoms with Crippen molar-refractivity contribution in [3.8, 4) is 0 Å². The molecule has 4 rings (SSSR count). The number of nitrogens with zero attached hydrogens (tertiary/aromatic N) is 2. The molecule has 1 N–H and O–H groups in total. The van der Waals surface area contributed by atoms with Crippen molar-refractivity contribution < 1.29 is 4.79 Å². The molecule has 3 heterocycles. The molecule has 0 saturated carbocycles. The van der Waals surface area contributed by atoms with Gasteiger partial charge < -0.3 is 4.98 Å². The van der Waals surface area contributed by atoms with E-state index < -0.39 is 0 Å². The number of carbonyl (C=O) groups is 1. The van der Waals surface area contributed by atoms with E-state index in [0.717, 1.165) is 16.6 Å². The van der Waals surface area contributed by atoms with Crippen LogP contribution < -0.4 is 5.56 Å². The van der Waals surface area contributed by atoms with Gasteiger partial charge in [-0.1, -0.05) is 36.0 Å². The van der Waals surface area contributed by atoms with Gasteiger partial charge in [-0.2, -0.15) is 0 Å². The highest BCUT2D eigenvalue weighted by Gasteiger charge is 2.18. The zero-order chi connectivity index (χ0) is 19.0. The molecule has 0 bridgehead atoms. The Morgan fingerprint density at radius 3 is 2.96 bits per heavy atom. The lowest BCUT2D eigenvalue weighted by atomic mass is 10.1. The van der Waals surface area contributed by atoms with Gasteiger partial charge in [-0.3, -0.25) is 14.2 Å². The molecule has 1 aromatic carbocycles. The maximum Gasteiger partial charge on any atom is 0.263 e. The molecule has 0 unspecified atom stereocenters. The molecular formula is C20H17N3O2S2. The number of benzene rings is 1. The first-order chi connectivity index (χ1) is 13.1. The fourth-order valence-corrected chi connectivity index (χ4v) is 4.85. The average molecular weight is 396 g/mol. The third-order valence-corrected chi connectivity index (χ3v) is 6.15. The van der Waals surface area contributed by atoms with E-state index in [0.29, 0.717) is 27.5 Å². The van der Waals surface area contributed by atoms with Gasteiger partial charge in [0.25, 0.3) is 5.56 Å². The minimum atomic E-state index is -0.0978. The summed E-state index contributed by atoms with van der Waals surface area (Å²) in [4.78, 5) is 34.1. The van der Waals surface area contributed by atoms with Gasteiger partial charge in [0.05, 0.1) is 11.1 Å². The molecule has 4 aromatic rings. The first-order valence-electron chi connectivity index (χ1n) is 8.42. The summed E-state index contributed by atoms with van der Waals surface area (Å²) in [5, 5.41) is 3.92. The smallest absolute Gasteiger partial charge is 0.263 e. The summed E-state index contributed by atoms with van der Waals surface area (Å²) in [6.07, 6.45) is 1.66. The van der Waals surface area contributed by atoms with Crippen molar-refractivity contribution in [3.05, 3.63) is 70.0 Å². The van der Waals surface area contributed by atoms with Gasteiger partial charge in [0.1, 0.15) is 4.83 Å². The number of aromatic amines is 1. The van der Waals surface area contributed by atoms with Crippen LogP contribution in [0.2, 0.25) is 0 Å². The van der Waals surface area contributed by atoms with Crippen LogP contribution in [0.15, 0.2) is 58.3 Å². The van der Waals surface area contributed by atoms with Gasteiger partial charge in [-0.15, -0.1) is 17.9 Å². The Balaban J connectivity index is 1.67. The van der Waals surface area contributed by atoms with Gasteiger partial charge in [0.15, 0.2) is 10.9 Å². The van der Waals surface area contributed by atoms with E-state index in [9.17, 15) is 9.59 Å². The number of H-pyrrole nitrogens is 1. The molecule has 0 aliphatic heterocycles. The fourth-order valence-electron chi connectivity index (χ4n) is 3.17. The summed E-state index contributed by atoms with van der Waals surface area (Å²) >= 11 is 2.72. The summed E-state index contributed by atoms with van der Waals surface area (Å²) in [6.45, 7) is 5.99. The zero-order valence-electron chi connectivity index (χ0n) is 14.7. The monoisotopic (exact) mass is 395 g/mol. The molecule has 27 heavy (non-hydrogen) atoms. The lowest BCUT2D eigenvalue weighted by Gasteiger charge is -2.09. The number of hydrogen-bond acceptors (Lipinski definition) is 5. The first-order valence-corrected chi connectivity index (χ1v) is 10.3. The molecule has 0 atom stereocenters. The van der Waals surface area contributed by atoms with Crippen molar-refractivity contribution in [3.63, 3.8) is 0 Å². The topological polar surface area (TPSA) is 67.8 Å². The molecule has 0 aliphatic rings. The Morgan fingerprint density at radius 2 is 2.15 bits per heavy atom. The minimum Gasteiger partial charge on any atom is -0.358 e. The van der Waals surface area contributed by atoms with Gasteiger partial charge in [0.2, 0.25) is 0 Å². The number of hydrogen-bond donors (Lipinski definition) is 1. The minimum absolute atomic E-state index is 0.0145. The molecule has 0 amide bonds. The Labute approximate surface area is 163 Å². The van der Waals surface area contributed by atoms with Crippen molar-refractivity contribution >= 4 is 50.0 Å². The fraction of sp³-hybridized carbons (Fsp3) is 0.150. The van der Waals surface area contributed by atoms with Crippen LogP contribution in [-0.4, -0.2) is 26.1 Å². The lowest BCUT2D eigenvalue weighted by Crippen LogP contribution is -2.22. The van der Waals surface area contributed by atoms with E-state index in [1.165, 1.54) is 23.1 Å². The van der Waals surface area contributed by atoms with E-state index in [-0.39, 0.29) is 17.1 Å². The molecule has 0 saturated heterocycles. The third kappa shape index (κ3) is 3.13. The number of fused-ring (bicyclic) bond motifs is 2. The maximum atomic E-state index is 12.9. The molecule has 0 radical (unpaired) electrons. The summed E-state index contributed by atoms with van der Waals surface area (Å²) in [6, 6.07) is 9.55. The van der Waals surface area contributed by atoms with Gasteiger partial charge in [0, 0.05) is 28.7 Å². The molecule has 7 heteroatoms. The highest BCUT2D eigenvalue weighted by atomic mass is 32.2. The van der Waals surface area contributed by atoms with Crippen LogP contribution in [0.25, 0.3) is 21.1 Å². The highest BCUT2D eigenvalue weighted by Crippen LogP contribution is 2.26. The Hall–Kier alpha value is -2.64. The van der Waals surface area contributed by atoms with Crippen LogP contribution in [-0.2, 0) is 6.54 Å². The van der Waals surface area contributed by atoms with Crippen LogP contribution in [0.5, 0.6) is 0 Å². The first kappa shape index (κ1) is 17.8. The molecule has 0 aliphatic carbocycles. The number of aryl methyl sites for hydroxylation is 1. The Bertz CT molecular complexity index is 1230. The van der Waals surface area contributed by atoms with Crippen LogP contribution in [0, 0.1) is 6.92 Å². The quantitative estimate of drug-likeness (QED) is 0.227. The van der Waals surface area contributed by atoms with E-state index in [1.54, 1.807) is 16.7 Å². The van der Waals surface area contributed by atoms with Crippen molar-refractivity contribution in [2.24, 2.45) is 0 Å². The SMILES string of the molecule is C=CCn1c(SCC(=O)c2c(C)[nH]c3ccccc23)nc2sccc2c1=O. The number of thiophene rings is 1. The molecular weight excluding hydrogens is 378 g/mol. The number of rotatable bonds is 6. The maximum absolute atomic E-state index is 12.9. The summed E-state index contributed by atoms with van der Waals surface area (Å²) in [5.41, 5.74) is 2.41. The van der Waals surface area contributed by atoms with E-state index in [2.05, 4.69) is 16.5 Å². The van der Waals surface area contributed by atoms with Crippen LogP contribution in [0.4, 0.5) is 0 Å². The number of para-hydroxylation sites is 1. The number of allylic oxidation sites excluding steroid dienone is 1. The predicted molar refractivity (Wildman–Crippen MR) is 112 cm³/mol. The lowest BCUT2D eigenvalue weighted by molar-refractivity contribution is 0.102. The number of carbonyl (C=O) groups excluding carboxylic acids is 1. The number of ketones is 1. The summed E-state index contributed by atoms with van der Waals surface area (Å²) in [5.74, 6) is 0.226. The molecule has 0 fully saturated rings. The zero-order valence-corrected chi connectivity index (χ0v) is 16.3. The van der Waals surface area contributed by atoms with Crippen molar-refractivity contribution in [2.45, 2.75) is 18.6 Å². The van der Waals surface area contributed by atoms with Crippen molar-refractivity contribution in [2.75, 3.05) is 5.75 Å². The molecule has 136 valence electrons. The normalized spacial score (nSPS) is 11.3. The van der Waals surface area contributed by atoms with E-state index >= 15 is 0 Å². The number of thioether (sulfide) groups is 1. The highest BCUT2D eigenvalue weighted by molar-refractivity contribution is 7.99. The number of Topliss-reactive ketones (excluding diaryl/α,β-unsaturated/α-hetero) is 1. The molecule has 0 spiro atoms. The standard InChI is InChI=1S/C20H17N3O2S2/c1-3-9-23-19(25)14-8-10-26-18(14)22-20(23)27-11-16(24)17-12(2)21-15-7-5-4-6-13(15)17/h3-8,10,21H,1,9,11H2,2H3. The van der Waals surface area contributed by atoms with E-state index in [4.69, 9.17) is 0 Å². The molecule has 5 nitrogen and oxygen atoms in total. The van der Waals surface area contributed by atoms with E-state index in [1.807, 2.05) is 36.6 Å². The van der Waals surface area contributed by atoms with Crippen LogP contribution in [0.3, 0.4) is 0 Å². The summed E-state index contributed by atoms with van der Waals surface area (Å²) < 4.78 is 1.57. The van der Waals surface area contributed by atoms with Crippen LogP contribution >= 0.6 is 23.1 Å². The van der Waals surface area contributed by atoms with Crippen LogP contribution in [0.1, 0.15) is 16.1 Å². The summed E-state index contributed by atoms with van der Waals surface area (Å²) in [7, 11) is 0. The third-order valence-electron chi connectivity index (χ3n) is 4.36. The Kier molecular flexibility index (Phi) is 4.72. The van der Waals surface area contributed by atoms with Gasteiger partial charge in [-0.05, 0) is 24.4 Å². The van der Waals surface area contributed by atoms with Gasteiger partial charge in [-0.25, -0.2) is 4.98 Å².